The molecular formula is C23H24ClN3O3. The Kier molecular flexibility index (Phi) is 6.06. The minimum atomic E-state index is -0.281. The first-order valence-corrected chi connectivity index (χ1v) is 10.4. The van der Waals surface area contributed by atoms with E-state index in [1.165, 1.54) is 0 Å². The molecule has 4 rings (SSSR count). The van der Waals surface area contributed by atoms with Gasteiger partial charge in [0, 0.05) is 34.9 Å². The second-order valence-electron chi connectivity index (χ2n) is 7.67. The van der Waals surface area contributed by atoms with Gasteiger partial charge in [-0.1, -0.05) is 23.2 Å². The standard InChI is InChI=1S/C23H24ClN3O3/c1-15-4-9-21-16(11-15)12-17(22(28)26-21)13-27(14-20-3-2-10-30-20)23(29)25-19-7-5-18(24)6-8-19/h4-9,11-12,20H,2-3,10,13-14H2,1H3,(H,25,29)(H,26,28)/t20-/m0/s1. The highest BCUT2D eigenvalue weighted by atomic mass is 35.5. The summed E-state index contributed by atoms with van der Waals surface area (Å²) in [6, 6.07) is 14.4. The number of carbonyl (C=O) groups excluding carboxylic acids is 1. The number of ether oxygens (including phenoxy) is 1. The van der Waals surface area contributed by atoms with Crippen LogP contribution in [0.1, 0.15) is 24.0 Å². The number of urea groups is 1. The number of nitrogens with one attached hydrogen (secondary N) is 2. The Labute approximate surface area is 179 Å². The zero-order valence-corrected chi connectivity index (χ0v) is 17.5. The number of rotatable bonds is 5. The fourth-order valence-electron chi connectivity index (χ4n) is 3.68. The van der Waals surface area contributed by atoms with Crippen LogP contribution in [0.3, 0.4) is 0 Å². The number of hydrogen-bond acceptors (Lipinski definition) is 3. The summed E-state index contributed by atoms with van der Waals surface area (Å²) < 4.78 is 5.73. The van der Waals surface area contributed by atoms with Crippen molar-refractivity contribution in [2.75, 3.05) is 18.5 Å². The number of benzene rings is 2. The number of fused-ring (bicyclic) bond motifs is 1. The third kappa shape index (κ3) is 4.83. The molecule has 1 fully saturated rings. The second-order valence-corrected chi connectivity index (χ2v) is 8.10. The molecule has 2 heterocycles. The molecule has 1 aliphatic rings. The average Bonchev–Trinajstić information content (AvgIpc) is 3.23. The summed E-state index contributed by atoms with van der Waals surface area (Å²) in [6.45, 7) is 3.32. The highest BCUT2D eigenvalue weighted by Crippen LogP contribution is 2.19. The SMILES string of the molecule is Cc1ccc2[nH]c(=O)c(CN(C[C@@H]3CCCO3)C(=O)Nc3ccc(Cl)cc3)cc2c1. The molecule has 2 N–H and O–H groups in total. The summed E-state index contributed by atoms with van der Waals surface area (Å²) in [7, 11) is 0. The Bertz CT molecular complexity index is 1100. The van der Waals surface area contributed by atoms with Gasteiger partial charge in [-0.2, -0.15) is 0 Å². The van der Waals surface area contributed by atoms with Crippen LogP contribution in [0.5, 0.6) is 0 Å². The molecule has 156 valence electrons. The van der Waals surface area contributed by atoms with Crippen molar-refractivity contribution in [3.63, 3.8) is 0 Å². The summed E-state index contributed by atoms with van der Waals surface area (Å²) in [5.74, 6) is 0. The van der Waals surface area contributed by atoms with Crippen LogP contribution in [0.25, 0.3) is 10.9 Å². The first-order chi connectivity index (χ1) is 14.5. The lowest BCUT2D eigenvalue weighted by molar-refractivity contribution is 0.0818. The maximum atomic E-state index is 13.0. The third-order valence-corrected chi connectivity index (χ3v) is 5.52. The molecule has 0 saturated carbocycles. The largest absolute Gasteiger partial charge is 0.376 e. The fourth-order valence-corrected chi connectivity index (χ4v) is 3.81. The van der Waals surface area contributed by atoms with Crippen molar-refractivity contribution in [1.29, 1.82) is 0 Å². The number of aromatic nitrogens is 1. The van der Waals surface area contributed by atoms with Gasteiger partial charge in [-0.15, -0.1) is 0 Å². The van der Waals surface area contributed by atoms with E-state index >= 15 is 0 Å². The summed E-state index contributed by atoms with van der Waals surface area (Å²) in [5.41, 5.74) is 2.88. The van der Waals surface area contributed by atoms with Gasteiger partial charge in [-0.3, -0.25) is 4.79 Å². The van der Waals surface area contributed by atoms with Crippen LogP contribution in [-0.4, -0.2) is 35.2 Å². The molecule has 1 aromatic heterocycles. The van der Waals surface area contributed by atoms with E-state index in [0.717, 1.165) is 29.3 Å². The summed E-state index contributed by atoms with van der Waals surface area (Å²) in [5, 5.41) is 4.43. The van der Waals surface area contributed by atoms with E-state index in [4.69, 9.17) is 16.3 Å². The van der Waals surface area contributed by atoms with Gasteiger partial charge in [0.1, 0.15) is 0 Å². The molecule has 0 unspecified atom stereocenters. The van der Waals surface area contributed by atoms with E-state index in [9.17, 15) is 9.59 Å². The number of aromatic amines is 1. The minimum Gasteiger partial charge on any atom is -0.376 e. The van der Waals surface area contributed by atoms with Crippen molar-refractivity contribution in [2.45, 2.75) is 32.4 Å². The molecule has 3 aromatic rings. The summed E-state index contributed by atoms with van der Waals surface area (Å²) >= 11 is 5.93. The lowest BCUT2D eigenvalue weighted by atomic mass is 10.1. The molecule has 7 heteroatoms. The van der Waals surface area contributed by atoms with Crippen molar-refractivity contribution in [2.24, 2.45) is 0 Å². The van der Waals surface area contributed by atoms with Gasteiger partial charge in [0.05, 0.1) is 12.6 Å². The van der Waals surface area contributed by atoms with Crippen molar-refractivity contribution >= 4 is 34.2 Å². The summed E-state index contributed by atoms with van der Waals surface area (Å²) in [6.07, 6.45) is 1.85. The first kappa shape index (κ1) is 20.4. The van der Waals surface area contributed by atoms with Crippen LogP contribution in [0.4, 0.5) is 10.5 Å². The Balaban J connectivity index is 1.59. The van der Waals surface area contributed by atoms with Crippen molar-refractivity contribution in [1.82, 2.24) is 9.88 Å². The number of aryl methyl sites for hydroxylation is 1. The van der Waals surface area contributed by atoms with E-state index in [2.05, 4.69) is 10.3 Å². The van der Waals surface area contributed by atoms with Gasteiger partial charge >= 0.3 is 6.03 Å². The predicted molar refractivity (Wildman–Crippen MR) is 119 cm³/mol. The average molecular weight is 426 g/mol. The van der Waals surface area contributed by atoms with Gasteiger partial charge in [0.25, 0.3) is 5.56 Å². The van der Waals surface area contributed by atoms with Crippen molar-refractivity contribution in [3.8, 4) is 0 Å². The molecule has 30 heavy (non-hydrogen) atoms. The molecular weight excluding hydrogens is 402 g/mol. The Morgan fingerprint density at radius 3 is 2.77 bits per heavy atom. The van der Waals surface area contributed by atoms with E-state index in [0.29, 0.717) is 29.4 Å². The predicted octanol–water partition coefficient (Wildman–Crippen LogP) is 4.70. The van der Waals surface area contributed by atoms with Crippen LogP contribution in [0, 0.1) is 6.92 Å². The van der Waals surface area contributed by atoms with E-state index in [-0.39, 0.29) is 24.2 Å². The van der Waals surface area contributed by atoms with Crippen molar-refractivity contribution in [3.05, 3.63) is 75.0 Å². The third-order valence-electron chi connectivity index (χ3n) is 5.27. The monoisotopic (exact) mass is 425 g/mol. The molecule has 2 aromatic carbocycles. The van der Waals surface area contributed by atoms with E-state index in [1.54, 1.807) is 29.2 Å². The van der Waals surface area contributed by atoms with Crippen LogP contribution in [0.15, 0.2) is 53.3 Å². The van der Waals surface area contributed by atoms with Crippen molar-refractivity contribution < 1.29 is 9.53 Å². The highest BCUT2D eigenvalue weighted by molar-refractivity contribution is 6.30. The van der Waals surface area contributed by atoms with Gasteiger partial charge in [-0.05, 0) is 67.6 Å². The number of pyridine rings is 1. The number of carbonyl (C=O) groups is 1. The molecule has 0 aliphatic carbocycles. The van der Waals surface area contributed by atoms with Crippen LogP contribution in [-0.2, 0) is 11.3 Å². The molecule has 2 amide bonds. The Morgan fingerprint density at radius 2 is 2.03 bits per heavy atom. The smallest absolute Gasteiger partial charge is 0.322 e. The van der Waals surface area contributed by atoms with E-state index in [1.807, 2.05) is 31.2 Å². The number of halogens is 1. The van der Waals surface area contributed by atoms with Gasteiger partial charge in [-0.25, -0.2) is 4.79 Å². The first-order valence-electron chi connectivity index (χ1n) is 10.0. The minimum absolute atomic E-state index is 0.0252. The topological polar surface area (TPSA) is 74.4 Å². The molecule has 0 radical (unpaired) electrons. The molecule has 0 bridgehead atoms. The normalized spacial score (nSPS) is 16.0. The number of H-pyrrole nitrogens is 1. The maximum Gasteiger partial charge on any atom is 0.322 e. The lowest BCUT2D eigenvalue weighted by Gasteiger charge is -2.25. The van der Waals surface area contributed by atoms with E-state index < -0.39 is 0 Å². The maximum absolute atomic E-state index is 13.0. The van der Waals surface area contributed by atoms with Crippen LogP contribution in [0.2, 0.25) is 5.02 Å². The van der Waals surface area contributed by atoms with Gasteiger partial charge in [0.2, 0.25) is 0 Å². The highest BCUT2D eigenvalue weighted by Gasteiger charge is 2.24. The zero-order chi connectivity index (χ0) is 21.1. The molecule has 1 aliphatic heterocycles. The fraction of sp³-hybridized carbons (Fsp3) is 0.304. The summed E-state index contributed by atoms with van der Waals surface area (Å²) in [4.78, 5) is 30.2. The molecule has 1 saturated heterocycles. The van der Waals surface area contributed by atoms with Gasteiger partial charge < -0.3 is 19.9 Å². The quantitative estimate of drug-likeness (QED) is 0.622. The number of anilines is 1. The number of hydrogen-bond donors (Lipinski definition) is 2. The molecule has 6 nitrogen and oxygen atoms in total. The number of amides is 2. The Hall–Kier alpha value is -2.83. The zero-order valence-electron chi connectivity index (χ0n) is 16.8. The molecule has 1 atom stereocenters. The van der Waals surface area contributed by atoms with Crippen LogP contribution < -0.4 is 10.9 Å². The lowest BCUT2D eigenvalue weighted by Crippen LogP contribution is -2.40. The molecule has 0 spiro atoms. The van der Waals surface area contributed by atoms with Gasteiger partial charge in [0.15, 0.2) is 0 Å². The number of nitrogens with zero attached hydrogens (tertiary/aromatic N) is 1. The van der Waals surface area contributed by atoms with Crippen LogP contribution >= 0.6 is 11.6 Å². The second kappa shape index (κ2) is 8.90. The Morgan fingerprint density at radius 1 is 1.23 bits per heavy atom.